The molecular weight excluding hydrogens is 158 g/mol. The summed E-state index contributed by atoms with van der Waals surface area (Å²) in [5, 5.41) is 2.18. The lowest BCUT2D eigenvalue weighted by Crippen LogP contribution is -2.31. The van der Waals surface area contributed by atoms with Gasteiger partial charge in [-0.25, -0.2) is 0 Å². The van der Waals surface area contributed by atoms with Gasteiger partial charge in [-0.05, 0) is 6.92 Å². The van der Waals surface area contributed by atoms with Gasteiger partial charge in [0.05, 0.1) is 5.75 Å². The highest BCUT2D eigenvalue weighted by Crippen LogP contribution is 1.87. The van der Waals surface area contributed by atoms with Gasteiger partial charge in [0.25, 0.3) is 10.1 Å². The molecule has 2 N–H and O–H groups in total. The van der Waals surface area contributed by atoms with Gasteiger partial charge < -0.3 is 5.32 Å². The van der Waals surface area contributed by atoms with Gasteiger partial charge in [0.15, 0.2) is 0 Å². The zero-order valence-electron chi connectivity index (χ0n) is 5.44. The average molecular weight is 167 g/mol. The predicted molar refractivity (Wildman–Crippen MR) is 35.1 cm³/mol. The van der Waals surface area contributed by atoms with Crippen LogP contribution in [0.5, 0.6) is 0 Å². The van der Waals surface area contributed by atoms with Crippen LogP contribution in [0.1, 0.15) is 6.92 Å². The fourth-order valence-corrected chi connectivity index (χ4v) is 1.21. The SMILES string of the molecule is CC(CS(=O)(=O)O)NC=O. The van der Waals surface area contributed by atoms with E-state index >= 15 is 0 Å². The summed E-state index contributed by atoms with van der Waals surface area (Å²) < 4.78 is 28.5. The van der Waals surface area contributed by atoms with Gasteiger partial charge in [-0.3, -0.25) is 9.35 Å². The van der Waals surface area contributed by atoms with Crippen molar-refractivity contribution in [1.29, 1.82) is 0 Å². The maximum absolute atomic E-state index is 10.1. The summed E-state index contributed by atoms with van der Waals surface area (Å²) in [6.45, 7) is 1.47. The first-order valence-electron chi connectivity index (χ1n) is 2.60. The third kappa shape index (κ3) is 5.52. The van der Waals surface area contributed by atoms with E-state index in [1.807, 2.05) is 0 Å². The topological polar surface area (TPSA) is 83.5 Å². The minimum atomic E-state index is -3.97. The van der Waals surface area contributed by atoms with Crippen LogP contribution in [0.4, 0.5) is 0 Å². The summed E-state index contributed by atoms with van der Waals surface area (Å²) in [7, 11) is -3.97. The Kier molecular flexibility index (Phi) is 3.31. The molecule has 5 nitrogen and oxygen atoms in total. The van der Waals surface area contributed by atoms with Gasteiger partial charge in [-0.1, -0.05) is 0 Å². The van der Waals surface area contributed by atoms with Crippen molar-refractivity contribution in [2.24, 2.45) is 0 Å². The van der Waals surface area contributed by atoms with Crippen LogP contribution >= 0.6 is 0 Å². The lowest BCUT2D eigenvalue weighted by molar-refractivity contribution is -0.109. The van der Waals surface area contributed by atoms with Crippen molar-refractivity contribution in [1.82, 2.24) is 5.32 Å². The van der Waals surface area contributed by atoms with Crippen LogP contribution in [0.3, 0.4) is 0 Å². The number of hydrogen-bond donors (Lipinski definition) is 2. The number of nitrogens with one attached hydrogen (secondary N) is 1. The molecule has 0 heterocycles. The van der Waals surface area contributed by atoms with E-state index in [9.17, 15) is 13.2 Å². The van der Waals surface area contributed by atoms with Crippen molar-refractivity contribution in [3.8, 4) is 0 Å². The highest BCUT2D eigenvalue weighted by Gasteiger charge is 2.10. The van der Waals surface area contributed by atoms with Crippen molar-refractivity contribution in [3.05, 3.63) is 0 Å². The highest BCUT2D eigenvalue weighted by molar-refractivity contribution is 7.85. The van der Waals surface area contributed by atoms with Gasteiger partial charge in [0, 0.05) is 6.04 Å². The molecule has 0 saturated heterocycles. The molecule has 0 aliphatic rings. The average Bonchev–Trinajstić information content (AvgIpc) is 1.59. The Balaban J connectivity index is 3.80. The largest absolute Gasteiger partial charge is 0.355 e. The fourth-order valence-electron chi connectivity index (χ4n) is 0.480. The molecule has 60 valence electrons. The van der Waals surface area contributed by atoms with E-state index in [0.717, 1.165) is 0 Å². The number of rotatable bonds is 4. The lowest BCUT2D eigenvalue weighted by atomic mass is 10.4. The van der Waals surface area contributed by atoms with E-state index in [4.69, 9.17) is 4.55 Å². The Morgan fingerprint density at radius 3 is 2.50 bits per heavy atom. The normalized spacial score (nSPS) is 14.2. The van der Waals surface area contributed by atoms with Gasteiger partial charge in [0.2, 0.25) is 6.41 Å². The van der Waals surface area contributed by atoms with E-state index in [2.05, 4.69) is 5.32 Å². The summed E-state index contributed by atoms with van der Waals surface area (Å²) in [4.78, 5) is 9.71. The maximum atomic E-state index is 10.1. The molecule has 0 radical (unpaired) electrons. The number of carbonyl (C=O) groups is 1. The first-order chi connectivity index (χ1) is 4.45. The van der Waals surface area contributed by atoms with Crippen molar-refractivity contribution in [2.45, 2.75) is 13.0 Å². The standard InChI is InChI=1S/C4H9NO4S/c1-4(5-3-6)2-10(7,8)9/h3-4H,2H2,1H3,(H,5,6)(H,7,8,9). The molecule has 0 aliphatic heterocycles. The molecule has 1 unspecified atom stereocenters. The van der Waals surface area contributed by atoms with Crippen molar-refractivity contribution >= 4 is 16.5 Å². The first-order valence-corrected chi connectivity index (χ1v) is 4.21. The van der Waals surface area contributed by atoms with Crippen molar-refractivity contribution in [2.75, 3.05) is 5.75 Å². The minimum absolute atomic E-state index is 0.385. The molecule has 6 heteroatoms. The van der Waals surface area contributed by atoms with Crippen LogP contribution in [-0.2, 0) is 14.9 Å². The molecule has 0 fully saturated rings. The molecule has 1 atom stereocenters. The Hall–Kier alpha value is -0.620. The van der Waals surface area contributed by atoms with Crippen LogP contribution in [0.15, 0.2) is 0 Å². The molecule has 0 bridgehead atoms. The molecule has 0 aromatic rings. The van der Waals surface area contributed by atoms with Gasteiger partial charge >= 0.3 is 0 Å². The van der Waals surface area contributed by atoms with Crippen LogP contribution in [-0.4, -0.2) is 31.2 Å². The third-order valence-electron chi connectivity index (χ3n) is 0.813. The maximum Gasteiger partial charge on any atom is 0.266 e. The monoisotopic (exact) mass is 167 g/mol. The Bertz CT molecular complexity index is 197. The van der Waals surface area contributed by atoms with Gasteiger partial charge in [0.1, 0.15) is 0 Å². The molecule has 0 aromatic heterocycles. The van der Waals surface area contributed by atoms with Crippen molar-refractivity contribution < 1.29 is 17.8 Å². The quantitative estimate of drug-likeness (QED) is 0.416. The van der Waals surface area contributed by atoms with E-state index in [-0.39, 0.29) is 0 Å². The van der Waals surface area contributed by atoms with E-state index < -0.39 is 21.9 Å². The second-order valence-corrected chi connectivity index (χ2v) is 3.43. The van der Waals surface area contributed by atoms with Crippen LogP contribution < -0.4 is 5.32 Å². The second-order valence-electron chi connectivity index (χ2n) is 1.93. The zero-order chi connectivity index (χ0) is 8.20. The number of carbonyl (C=O) groups excluding carboxylic acids is 1. The van der Waals surface area contributed by atoms with Crippen LogP contribution in [0.2, 0.25) is 0 Å². The van der Waals surface area contributed by atoms with Crippen LogP contribution in [0, 0.1) is 0 Å². The first kappa shape index (κ1) is 9.38. The van der Waals surface area contributed by atoms with Gasteiger partial charge in [-0.15, -0.1) is 0 Å². The lowest BCUT2D eigenvalue weighted by Gasteiger charge is -2.05. The summed E-state index contributed by atoms with van der Waals surface area (Å²) in [5.41, 5.74) is 0. The molecule has 0 spiro atoms. The van der Waals surface area contributed by atoms with Crippen molar-refractivity contribution in [3.63, 3.8) is 0 Å². The molecule has 1 amide bonds. The fraction of sp³-hybridized carbons (Fsp3) is 0.750. The summed E-state index contributed by atoms with van der Waals surface area (Å²) in [6.07, 6.45) is 0.385. The van der Waals surface area contributed by atoms with E-state index in [0.29, 0.717) is 6.41 Å². The Morgan fingerprint density at radius 1 is 1.70 bits per heavy atom. The van der Waals surface area contributed by atoms with Crippen LogP contribution in [0.25, 0.3) is 0 Å². The Labute approximate surface area is 59.2 Å². The molecule has 10 heavy (non-hydrogen) atoms. The molecule has 0 aromatic carbocycles. The van der Waals surface area contributed by atoms with E-state index in [1.165, 1.54) is 6.92 Å². The summed E-state index contributed by atoms with van der Waals surface area (Å²) in [6, 6.07) is -0.549. The Morgan fingerprint density at radius 2 is 2.20 bits per heavy atom. The van der Waals surface area contributed by atoms with Gasteiger partial charge in [-0.2, -0.15) is 8.42 Å². The zero-order valence-corrected chi connectivity index (χ0v) is 6.26. The molecule has 0 rings (SSSR count). The second kappa shape index (κ2) is 3.52. The summed E-state index contributed by atoms with van der Waals surface area (Å²) >= 11 is 0. The molecule has 0 saturated carbocycles. The highest BCUT2D eigenvalue weighted by atomic mass is 32.2. The third-order valence-corrected chi connectivity index (χ3v) is 1.73. The molecule has 0 aliphatic carbocycles. The number of amides is 1. The molecular formula is C4H9NO4S. The number of hydrogen-bond acceptors (Lipinski definition) is 3. The minimum Gasteiger partial charge on any atom is -0.355 e. The summed E-state index contributed by atoms with van der Waals surface area (Å²) in [5.74, 6) is -0.453. The smallest absolute Gasteiger partial charge is 0.266 e. The van der Waals surface area contributed by atoms with E-state index in [1.54, 1.807) is 0 Å². The predicted octanol–water partition coefficient (Wildman–Crippen LogP) is -0.991.